The highest BCUT2D eigenvalue weighted by Gasteiger charge is 2.17. The normalized spacial score (nSPS) is 11.9. The number of aromatic nitrogens is 3. The highest BCUT2D eigenvalue weighted by atomic mass is 16.1. The summed E-state index contributed by atoms with van der Waals surface area (Å²) in [6.45, 7) is 0. The van der Waals surface area contributed by atoms with E-state index in [0.29, 0.717) is 12.0 Å². The summed E-state index contributed by atoms with van der Waals surface area (Å²) in [5.41, 5.74) is 2.70. The first-order valence-electron chi connectivity index (χ1n) is 8.87. The minimum atomic E-state index is -0.158. The predicted octanol–water partition coefficient (Wildman–Crippen LogP) is 3.91. The number of nitrogens with one attached hydrogen (secondary N) is 2. The van der Waals surface area contributed by atoms with Crippen molar-refractivity contribution in [3.8, 4) is 5.69 Å². The van der Waals surface area contributed by atoms with Gasteiger partial charge < -0.3 is 14.9 Å². The Morgan fingerprint density at radius 1 is 1.00 bits per heavy atom. The molecule has 2 aromatic carbocycles. The second-order valence-electron chi connectivity index (χ2n) is 6.31. The lowest BCUT2D eigenvalue weighted by Crippen LogP contribution is -2.30. The van der Waals surface area contributed by atoms with Gasteiger partial charge in [-0.05, 0) is 42.0 Å². The maximum absolute atomic E-state index is 12.8. The van der Waals surface area contributed by atoms with Crippen LogP contribution in [0.4, 0.5) is 0 Å². The molecule has 134 valence electrons. The van der Waals surface area contributed by atoms with Crippen molar-refractivity contribution < 1.29 is 4.79 Å². The molecule has 5 heteroatoms. The van der Waals surface area contributed by atoms with Crippen molar-refractivity contribution in [3.63, 3.8) is 0 Å². The van der Waals surface area contributed by atoms with E-state index in [0.717, 1.165) is 17.1 Å². The number of hydrogen-bond donors (Lipinski definition) is 2. The minimum absolute atomic E-state index is 0.102. The van der Waals surface area contributed by atoms with Gasteiger partial charge in [0.15, 0.2) is 0 Å². The highest BCUT2D eigenvalue weighted by Crippen LogP contribution is 2.18. The molecule has 27 heavy (non-hydrogen) atoms. The van der Waals surface area contributed by atoms with E-state index in [-0.39, 0.29) is 11.9 Å². The molecule has 4 aromatic rings. The average Bonchev–Trinajstić information content (AvgIpc) is 3.42. The van der Waals surface area contributed by atoms with Crippen LogP contribution in [0.3, 0.4) is 0 Å². The average molecular weight is 356 g/mol. The third-order valence-electron chi connectivity index (χ3n) is 4.49. The number of carbonyl (C=O) groups is 1. The number of hydrogen-bond acceptors (Lipinski definition) is 2. The number of aromatic amines is 1. The third kappa shape index (κ3) is 3.98. The van der Waals surface area contributed by atoms with E-state index in [9.17, 15) is 4.79 Å². The molecule has 5 nitrogen and oxygen atoms in total. The molecule has 2 N–H and O–H groups in total. The molecule has 2 aromatic heterocycles. The van der Waals surface area contributed by atoms with Crippen LogP contribution in [-0.4, -0.2) is 20.4 Å². The van der Waals surface area contributed by atoms with Crippen LogP contribution in [0.2, 0.25) is 0 Å². The van der Waals surface area contributed by atoms with Gasteiger partial charge in [-0.15, -0.1) is 0 Å². The Hall–Kier alpha value is -3.60. The molecule has 0 bridgehead atoms. The number of imidazole rings is 1. The summed E-state index contributed by atoms with van der Waals surface area (Å²) in [5.74, 6) is 0.738. The van der Waals surface area contributed by atoms with Crippen LogP contribution < -0.4 is 5.32 Å². The van der Waals surface area contributed by atoms with E-state index < -0.39 is 0 Å². The van der Waals surface area contributed by atoms with Crippen molar-refractivity contribution in [3.05, 3.63) is 108 Å². The van der Waals surface area contributed by atoms with Gasteiger partial charge in [-0.3, -0.25) is 4.79 Å². The van der Waals surface area contributed by atoms with Gasteiger partial charge in [0.25, 0.3) is 5.91 Å². The lowest BCUT2D eigenvalue weighted by molar-refractivity contribution is 0.0936. The quantitative estimate of drug-likeness (QED) is 0.550. The first-order chi connectivity index (χ1) is 13.3. The Labute approximate surface area is 157 Å². The Morgan fingerprint density at radius 2 is 1.74 bits per heavy atom. The second-order valence-corrected chi connectivity index (χ2v) is 6.31. The van der Waals surface area contributed by atoms with Crippen LogP contribution in [0.25, 0.3) is 5.69 Å². The summed E-state index contributed by atoms with van der Waals surface area (Å²) in [5, 5.41) is 3.14. The maximum Gasteiger partial charge on any atom is 0.251 e. The molecule has 1 amide bonds. The first kappa shape index (κ1) is 16.8. The molecule has 0 radical (unpaired) electrons. The monoisotopic (exact) mass is 356 g/mol. The van der Waals surface area contributed by atoms with Gasteiger partial charge in [-0.2, -0.15) is 0 Å². The summed E-state index contributed by atoms with van der Waals surface area (Å²) in [6, 6.07) is 21.3. The minimum Gasteiger partial charge on any atom is -0.349 e. The van der Waals surface area contributed by atoms with E-state index in [4.69, 9.17) is 0 Å². The number of nitrogens with zero attached hydrogens (tertiary/aromatic N) is 2. The first-order valence-corrected chi connectivity index (χ1v) is 8.87. The van der Waals surface area contributed by atoms with Crippen molar-refractivity contribution in [1.29, 1.82) is 0 Å². The Morgan fingerprint density at radius 3 is 2.41 bits per heavy atom. The van der Waals surface area contributed by atoms with E-state index in [1.165, 1.54) is 0 Å². The topological polar surface area (TPSA) is 62.7 Å². The highest BCUT2D eigenvalue weighted by molar-refractivity contribution is 5.94. The number of rotatable bonds is 6. The van der Waals surface area contributed by atoms with Crippen LogP contribution >= 0.6 is 0 Å². The van der Waals surface area contributed by atoms with Crippen molar-refractivity contribution in [2.75, 3.05) is 0 Å². The zero-order valence-corrected chi connectivity index (χ0v) is 14.7. The fourth-order valence-corrected chi connectivity index (χ4v) is 3.07. The summed E-state index contributed by atoms with van der Waals surface area (Å²) < 4.78 is 2.01. The van der Waals surface area contributed by atoms with Crippen LogP contribution in [-0.2, 0) is 6.42 Å². The van der Waals surface area contributed by atoms with Crippen LogP contribution in [0.15, 0.2) is 91.5 Å². The smallest absolute Gasteiger partial charge is 0.251 e. The van der Waals surface area contributed by atoms with Gasteiger partial charge in [-0.25, -0.2) is 4.98 Å². The van der Waals surface area contributed by atoms with E-state index in [2.05, 4.69) is 15.3 Å². The van der Waals surface area contributed by atoms with Gasteiger partial charge in [-0.1, -0.05) is 30.3 Å². The van der Waals surface area contributed by atoms with Gasteiger partial charge in [0.05, 0.1) is 6.04 Å². The van der Waals surface area contributed by atoms with Crippen LogP contribution in [0.1, 0.15) is 27.8 Å². The number of benzene rings is 2. The molecule has 0 aliphatic heterocycles. The zero-order chi connectivity index (χ0) is 18.5. The van der Waals surface area contributed by atoms with E-state index >= 15 is 0 Å². The number of H-pyrrole nitrogens is 1. The molecule has 4 rings (SSSR count). The third-order valence-corrected chi connectivity index (χ3v) is 4.49. The van der Waals surface area contributed by atoms with Gasteiger partial charge in [0.2, 0.25) is 0 Å². The molecule has 0 aliphatic carbocycles. The summed E-state index contributed by atoms with van der Waals surface area (Å²) in [4.78, 5) is 20.2. The molecule has 0 aliphatic rings. The lowest BCUT2D eigenvalue weighted by Gasteiger charge is -2.18. The molecular weight excluding hydrogens is 336 g/mol. The van der Waals surface area contributed by atoms with E-state index in [1.807, 2.05) is 83.7 Å². The van der Waals surface area contributed by atoms with Crippen molar-refractivity contribution in [2.45, 2.75) is 12.5 Å². The molecule has 2 heterocycles. The van der Waals surface area contributed by atoms with Crippen molar-refractivity contribution >= 4 is 5.91 Å². The predicted molar refractivity (Wildman–Crippen MR) is 105 cm³/mol. The van der Waals surface area contributed by atoms with Gasteiger partial charge >= 0.3 is 0 Å². The second kappa shape index (κ2) is 7.74. The number of amides is 1. The fraction of sp³-hybridized carbons (Fsp3) is 0.0909. The lowest BCUT2D eigenvalue weighted by atomic mass is 10.0. The Bertz CT molecular complexity index is 975. The van der Waals surface area contributed by atoms with Crippen molar-refractivity contribution in [2.24, 2.45) is 0 Å². The van der Waals surface area contributed by atoms with Gasteiger partial charge in [0.1, 0.15) is 5.82 Å². The SMILES string of the molecule is O=C(N[C@@H](Cc1ncc[nH]1)c1ccccc1)c1ccc(-n2cccc2)cc1. The Balaban J connectivity index is 1.52. The molecule has 0 saturated heterocycles. The standard InChI is InChI=1S/C22H20N4O/c27-22(18-8-10-19(11-9-18)26-14-4-5-15-26)25-20(16-21-23-12-13-24-21)17-6-2-1-3-7-17/h1-15,20H,16H2,(H,23,24)(H,25,27)/t20-/m0/s1. The summed E-state index contributed by atoms with van der Waals surface area (Å²) in [7, 11) is 0. The largest absolute Gasteiger partial charge is 0.349 e. The summed E-state index contributed by atoms with van der Waals surface area (Å²) in [6.07, 6.45) is 8.07. The maximum atomic E-state index is 12.8. The number of carbonyl (C=O) groups excluding carboxylic acids is 1. The van der Waals surface area contributed by atoms with Gasteiger partial charge in [0, 0.05) is 42.5 Å². The van der Waals surface area contributed by atoms with Crippen LogP contribution in [0, 0.1) is 0 Å². The molecule has 1 atom stereocenters. The zero-order valence-electron chi connectivity index (χ0n) is 14.7. The summed E-state index contributed by atoms with van der Waals surface area (Å²) >= 11 is 0. The Kier molecular flexibility index (Phi) is 4.83. The molecule has 0 saturated carbocycles. The molecule has 0 spiro atoms. The van der Waals surface area contributed by atoms with Crippen molar-refractivity contribution in [1.82, 2.24) is 19.9 Å². The molecular formula is C22H20N4O. The van der Waals surface area contributed by atoms with Crippen LogP contribution in [0.5, 0.6) is 0 Å². The molecule has 0 fully saturated rings. The molecule has 0 unspecified atom stereocenters. The fourth-order valence-electron chi connectivity index (χ4n) is 3.07. The van der Waals surface area contributed by atoms with E-state index in [1.54, 1.807) is 12.4 Å².